The van der Waals surface area contributed by atoms with Gasteiger partial charge < -0.3 is 24.2 Å². The van der Waals surface area contributed by atoms with Crippen LogP contribution in [0.4, 0.5) is 10.5 Å². The second-order valence-corrected chi connectivity index (χ2v) is 11.5. The quantitative estimate of drug-likeness (QED) is 0.510. The number of nitrogens with zero attached hydrogens (tertiary/aromatic N) is 3. The highest BCUT2D eigenvalue weighted by atomic mass is 79.9. The molecule has 0 aromatic heterocycles. The number of carbonyl (C=O) groups is 2. The summed E-state index contributed by atoms with van der Waals surface area (Å²) in [5.74, 6) is 0.818. The molecule has 9 heteroatoms. The van der Waals surface area contributed by atoms with Crippen LogP contribution in [0.5, 0.6) is 5.75 Å². The topological polar surface area (TPSA) is 62.3 Å². The van der Waals surface area contributed by atoms with Gasteiger partial charge in [-0.25, -0.2) is 4.79 Å². The molecule has 4 rings (SSSR count). The molecule has 3 heterocycles. The van der Waals surface area contributed by atoms with Crippen molar-refractivity contribution < 1.29 is 19.1 Å². The number of hydrogen-bond acceptors (Lipinski definition) is 5. The fourth-order valence-corrected chi connectivity index (χ4v) is 5.10. The van der Waals surface area contributed by atoms with Crippen molar-refractivity contribution in [1.82, 2.24) is 9.80 Å². The number of anilines is 1. The molecule has 182 valence electrons. The lowest BCUT2D eigenvalue weighted by Crippen LogP contribution is -2.57. The smallest absolute Gasteiger partial charge is 0.410 e. The molecular formula is C24H33BrClN3O4. The second-order valence-electron chi connectivity index (χ2n) is 10.2. The normalized spacial score (nSPS) is 21.6. The fraction of sp³-hybridized carbons (Fsp3) is 0.667. The molecule has 0 aliphatic carbocycles. The van der Waals surface area contributed by atoms with Gasteiger partial charge in [-0.3, -0.25) is 4.79 Å². The van der Waals surface area contributed by atoms with Gasteiger partial charge in [-0.2, -0.15) is 0 Å². The molecule has 0 saturated carbocycles. The summed E-state index contributed by atoms with van der Waals surface area (Å²) in [6, 6.07) is 3.63. The Morgan fingerprint density at radius 2 is 1.94 bits per heavy atom. The van der Waals surface area contributed by atoms with E-state index in [4.69, 9.17) is 21.1 Å². The Bertz CT molecular complexity index is 894. The monoisotopic (exact) mass is 541 g/mol. The molecule has 2 fully saturated rings. The van der Waals surface area contributed by atoms with E-state index in [1.54, 1.807) is 15.9 Å². The van der Waals surface area contributed by atoms with Crippen molar-refractivity contribution in [1.29, 1.82) is 0 Å². The molecule has 0 N–H and O–H groups in total. The fourth-order valence-electron chi connectivity index (χ4n) is 4.62. The molecule has 1 aromatic rings. The molecule has 7 nitrogen and oxygen atoms in total. The van der Waals surface area contributed by atoms with Crippen molar-refractivity contribution in [3.05, 3.63) is 21.6 Å². The summed E-state index contributed by atoms with van der Waals surface area (Å²) in [4.78, 5) is 31.6. The first-order valence-corrected chi connectivity index (χ1v) is 12.9. The van der Waals surface area contributed by atoms with Gasteiger partial charge in [0.25, 0.3) is 5.91 Å². The lowest BCUT2D eigenvalue weighted by molar-refractivity contribution is -0.127. The zero-order valence-corrected chi connectivity index (χ0v) is 22.0. The zero-order chi connectivity index (χ0) is 23.8. The van der Waals surface area contributed by atoms with Crippen molar-refractivity contribution >= 4 is 45.2 Å². The molecule has 1 unspecified atom stereocenters. The highest BCUT2D eigenvalue weighted by Gasteiger charge is 2.40. The molecule has 33 heavy (non-hydrogen) atoms. The van der Waals surface area contributed by atoms with Crippen LogP contribution in [0.25, 0.3) is 0 Å². The van der Waals surface area contributed by atoms with E-state index in [0.717, 1.165) is 30.5 Å². The van der Waals surface area contributed by atoms with Gasteiger partial charge in [0, 0.05) is 30.0 Å². The molecule has 2 saturated heterocycles. The van der Waals surface area contributed by atoms with Gasteiger partial charge in [-0.1, -0.05) is 11.6 Å². The van der Waals surface area contributed by atoms with Crippen LogP contribution in [0.1, 0.15) is 46.5 Å². The van der Waals surface area contributed by atoms with Crippen LogP contribution in [0.3, 0.4) is 0 Å². The number of halogens is 2. The van der Waals surface area contributed by atoms with E-state index in [1.807, 2.05) is 26.8 Å². The standard InChI is InChI=1S/C24H33BrClN3O4/c1-24(2,3)33-23(31)28-13-16(14-28)15-29-19-12-18(26)17(25)11-21(19)32-20(22(29)30)7-6-10-27-8-4-5-9-27/h11-12,16,20H,4-10,13-15H2,1-3H3. The average molecular weight is 543 g/mol. The number of benzene rings is 1. The number of rotatable bonds is 6. The first-order valence-electron chi connectivity index (χ1n) is 11.8. The maximum absolute atomic E-state index is 13.4. The van der Waals surface area contributed by atoms with Gasteiger partial charge in [-0.15, -0.1) is 0 Å². The minimum Gasteiger partial charge on any atom is -0.478 e. The van der Waals surface area contributed by atoms with E-state index in [1.165, 1.54) is 12.8 Å². The molecular weight excluding hydrogens is 510 g/mol. The van der Waals surface area contributed by atoms with E-state index in [-0.39, 0.29) is 17.9 Å². The van der Waals surface area contributed by atoms with Crippen LogP contribution in [0, 0.1) is 5.92 Å². The summed E-state index contributed by atoms with van der Waals surface area (Å²) in [6.45, 7) is 10.5. The highest BCUT2D eigenvalue weighted by molar-refractivity contribution is 9.10. The molecule has 3 aliphatic rings. The average Bonchev–Trinajstić information content (AvgIpc) is 3.20. The SMILES string of the molecule is CC(C)(C)OC(=O)N1CC(CN2C(=O)C(CCCN3CCCC3)Oc3cc(Br)c(Cl)cc32)C1. The zero-order valence-electron chi connectivity index (χ0n) is 19.6. The molecule has 0 spiro atoms. The largest absolute Gasteiger partial charge is 0.478 e. The van der Waals surface area contributed by atoms with Crippen molar-refractivity contribution in [2.45, 2.75) is 58.2 Å². The van der Waals surface area contributed by atoms with Crippen molar-refractivity contribution in [3.8, 4) is 5.75 Å². The summed E-state index contributed by atoms with van der Waals surface area (Å²) in [5, 5.41) is 0.534. The third kappa shape index (κ3) is 5.95. The Hall–Kier alpha value is -1.51. The summed E-state index contributed by atoms with van der Waals surface area (Å²) in [7, 11) is 0. The predicted molar refractivity (Wildman–Crippen MR) is 132 cm³/mol. The lowest BCUT2D eigenvalue weighted by atomic mass is 9.98. The Balaban J connectivity index is 1.41. The molecule has 1 aromatic carbocycles. The number of fused-ring (bicyclic) bond motifs is 1. The number of amides is 2. The van der Waals surface area contributed by atoms with Crippen LogP contribution in [-0.2, 0) is 9.53 Å². The Morgan fingerprint density at radius 3 is 2.61 bits per heavy atom. The Labute approximate surface area is 209 Å². The van der Waals surface area contributed by atoms with Gasteiger partial charge >= 0.3 is 6.09 Å². The highest BCUT2D eigenvalue weighted by Crippen LogP contribution is 2.41. The third-order valence-corrected chi connectivity index (χ3v) is 7.49. The van der Waals surface area contributed by atoms with Crippen molar-refractivity contribution in [3.63, 3.8) is 0 Å². The summed E-state index contributed by atoms with van der Waals surface area (Å²) in [5.41, 5.74) is 0.174. The lowest BCUT2D eigenvalue weighted by Gasteiger charge is -2.43. The minimum atomic E-state index is -0.520. The van der Waals surface area contributed by atoms with Crippen molar-refractivity contribution in [2.75, 3.05) is 44.2 Å². The van der Waals surface area contributed by atoms with Gasteiger partial charge in [-0.05, 0) is 94.2 Å². The minimum absolute atomic E-state index is 0.0296. The maximum atomic E-state index is 13.4. The van der Waals surface area contributed by atoms with E-state index in [9.17, 15) is 9.59 Å². The molecule has 3 aliphatic heterocycles. The van der Waals surface area contributed by atoms with Crippen LogP contribution in [0.2, 0.25) is 5.02 Å². The molecule has 2 amide bonds. The first-order chi connectivity index (χ1) is 15.6. The van der Waals surface area contributed by atoms with Gasteiger partial charge in [0.2, 0.25) is 0 Å². The van der Waals surface area contributed by atoms with Gasteiger partial charge in [0.1, 0.15) is 11.4 Å². The second kappa shape index (κ2) is 10.0. The van der Waals surface area contributed by atoms with Gasteiger partial charge in [0.05, 0.1) is 10.7 Å². The van der Waals surface area contributed by atoms with Crippen LogP contribution in [-0.4, -0.2) is 72.8 Å². The first kappa shape index (κ1) is 24.6. The van der Waals surface area contributed by atoms with E-state index >= 15 is 0 Å². The summed E-state index contributed by atoms with van der Waals surface area (Å²) >= 11 is 9.82. The van der Waals surface area contributed by atoms with Crippen molar-refractivity contribution in [2.24, 2.45) is 5.92 Å². The number of hydrogen-bond donors (Lipinski definition) is 0. The molecule has 0 bridgehead atoms. The molecule has 0 radical (unpaired) electrons. The number of likely N-dealkylation sites (tertiary alicyclic amines) is 2. The third-order valence-electron chi connectivity index (χ3n) is 6.29. The van der Waals surface area contributed by atoms with Gasteiger partial charge in [0.15, 0.2) is 6.10 Å². The predicted octanol–water partition coefficient (Wildman–Crippen LogP) is 4.94. The number of ether oxygens (including phenoxy) is 2. The number of carbonyl (C=O) groups excluding carboxylic acids is 2. The Kier molecular flexibility index (Phi) is 7.46. The summed E-state index contributed by atoms with van der Waals surface area (Å²) in [6.07, 6.45) is 3.31. The Morgan fingerprint density at radius 1 is 1.24 bits per heavy atom. The summed E-state index contributed by atoms with van der Waals surface area (Å²) < 4.78 is 12.3. The molecule has 1 atom stereocenters. The van der Waals surface area contributed by atoms with E-state index < -0.39 is 11.7 Å². The van der Waals surface area contributed by atoms with Crippen LogP contribution in [0.15, 0.2) is 16.6 Å². The van der Waals surface area contributed by atoms with E-state index in [2.05, 4.69) is 20.8 Å². The van der Waals surface area contributed by atoms with E-state index in [0.29, 0.717) is 42.5 Å². The van der Waals surface area contributed by atoms with Crippen LogP contribution >= 0.6 is 27.5 Å². The maximum Gasteiger partial charge on any atom is 0.410 e. The van der Waals surface area contributed by atoms with Crippen LogP contribution < -0.4 is 9.64 Å².